The molecule has 0 aliphatic carbocycles. The molecule has 0 unspecified atom stereocenters. The third-order valence-corrected chi connectivity index (χ3v) is 5.55. The van der Waals surface area contributed by atoms with E-state index < -0.39 is 11.2 Å². The largest absolute Gasteiger partial charge is 0.381 e. The minimum atomic E-state index is -0.634. The first kappa shape index (κ1) is 19.1. The summed E-state index contributed by atoms with van der Waals surface area (Å²) in [4.78, 5) is 28.8. The summed E-state index contributed by atoms with van der Waals surface area (Å²) in [5, 5.41) is 0.248. The molecule has 26 heavy (non-hydrogen) atoms. The van der Waals surface area contributed by atoms with Crippen molar-refractivity contribution in [1.82, 2.24) is 9.80 Å². The number of hydrogen-bond donors (Lipinski definition) is 1. The maximum absolute atomic E-state index is 14.0. The number of carbonyl (C=O) groups is 2. The average molecular weight is 384 g/mol. The molecule has 0 saturated carbocycles. The third-order valence-electron chi connectivity index (χ3n) is 5.31. The lowest BCUT2D eigenvalue weighted by Crippen LogP contribution is -2.57. The highest BCUT2D eigenvalue weighted by Crippen LogP contribution is 2.32. The summed E-state index contributed by atoms with van der Waals surface area (Å²) in [6, 6.07) is 4.02. The molecule has 0 bridgehead atoms. The van der Waals surface area contributed by atoms with Crippen LogP contribution in [-0.4, -0.2) is 67.6 Å². The van der Waals surface area contributed by atoms with Gasteiger partial charge >= 0.3 is 0 Å². The summed E-state index contributed by atoms with van der Waals surface area (Å²) in [6.07, 6.45) is 1.24. The molecule has 0 atom stereocenters. The smallest absolute Gasteiger partial charge is 0.256 e. The Labute approximate surface area is 157 Å². The van der Waals surface area contributed by atoms with E-state index in [1.807, 2.05) is 0 Å². The fourth-order valence-electron chi connectivity index (χ4n) is 3.55. The molecule has 0 spiro atoms. The summed E-state index contributed by atoms with van der Waals surface area (Å²) >= 11 is 5.73. The van der Waals surface area contributed by atoms with Gasteiger partial charge in [0, 0.05) is 51.0 Å². The van der Waals surface area contributed by atoms with Gasteiger partial charge in [-0.1, -0.05) is 11.6 Å². The Kier molecular flexibility index (Phi) is 5.79. The van der Waals surface area contributed by atoms with Crippen molar-refractivity contribution in [3.8, 4) is 0 Å². The highest BCUT2D eigenvalue weighted by molar-refractivity contribution is 6.30. The predicted molar refractivity (Wildman–Crippen MR) is 95.4 cm³/mol. The van der Waals surface area contributed by atoms with Crippen LogP contribution in [-0.2, 0) is 9.53 Å². The van der Waals surface area contributed by atoms with E-state index in [0.29, 0.717) is 58.8 Å². The molecular weight excluding hydrogens is 361 g/mol. The predicted octanol–water partition coefficient (Wildman–Crippen LogP) is 1.52. The molecule has 2 aliphatic heterocycles. The van der Waals surface area contributed by atoms with Crippen LogP contribution in [0.25, 0.3) is 0 Å². The minimum absolute atomic E-state index is 0.00275. The maximum atomic E-state index is 14.0. The van der Waals surface area contributed by atoms with E-state index in [-0.39, 0.29) is 22.4 Å². The average Bonchev–Trinajstić information content (AvgIpc) is 2.67. The highest BCUT2D eigenvalue weighted by Gasteiger charge is 2.42. The van der Waals surface area contributed by atoms with Gasteiger partial charge in [0.25, 0.3) is 5.91 Å². The van der Waals surface area contributed by atoms with Gasteiger partial charge in [-0.3, -0.25) is 9.59 Å². The van der Waals surface area contributed by atoms with Crippen molar-refractivity contribution in [2.75, 3.05) is 45.9 Å². The number of nitrogens with two attached hydrogens (primary N) is 1. The number of piperazine rings is 1. The third kappa shape index (κ3) is 3.70. The number of carbonyl (C=O) groups excluding carboxylic acids is 2. The number of benzene rings is 1. The molecule has 3 rings (SSSR count). The van der Waals surface area contributed by atoms with Crippen LogP contribution in [0.15, 0.2) is 18.2 Å². The van der Waals surface area contributed by atoms with E-state index >= 15 is 0 Å². The van der Waals surface area contributed by atoms with E-state index in [0.717, 1.165) is 6.07 Å². The van der Waals surface area contributed by atoms with Crippen molar-refractivity contribution in [2.45, 2.75) is 12.8 Å². The number of rotatable bonds is 3. The second kappa shape index (κ2) is 7.90. The van der Waals surface area contributed by atoms with Gasteiger partial charge in [0.05, 0.1) is 11.0 Å². The molecule has 0 radical (unpaired) electrons. The van der Waals surface area contributed by atoms with Gasteiger partial charge < -0.3 is 20.3 Å². The van der Waals surface area contributed by atoms with Crippen molar-refractivity contribution >= 4 is 23.4 Å². The minimum Gasteiger partial charge on any atom is -0.381 e. The Morgan fingerprint density at radius 1 is 1.15 bits per heavy atom. The van der Waals surface area contributed by atoms with Crippen molar-refractivity contribution in [3.05, 3.63) is 34.6 Å². The lowest BCUT2D eigenvalue weighted by atomic mass is 9.78. The molecule has 0 aromatic heterocycles. The molecular formula is C18H23ClFN3O3. The van der Waals surface area contributed by atoms with Crippen LogP contribution in [0.3, 0.4) is 0 Å². The summed E-state index contributed by atoms with van der Waals surface area (Å²) < 4.78 is 19.3. The first-order valence-corrected chi connectivity index (χ1v) is 9.16. The van der Waals surface area contributed by atoms with Crippen LogP contribution in [0.1, 0.15) is 23.2 Å². The molecule has 1 aromatic rings. The zero-order chi connectivity index (χ0) is 18.7. The number of nitrogens with zero attached hydrogens (tertiary/aromatic N) is 2. The van der Waals surface area contributed by atoms with E-state index in [2.05, 4.69) is 0 Å². The Hall–Kier alpha value is -1.70. The van der Waals surface area contributed by atoms with Gasteiger partial charge in [0.2, 0.25) is 5.91 Å². The van der Waals surface area contributed by atoms with Crippen LogP contribution >= 0.6 is 11.6 Å². The summed E-state index contributed by atoms with van der Waals surface area (Å²) in [5.41, 5.74) is 5.34. The number of amides is 2. The van der Waals surface area contributed by atoms with Crippen molar-refractivity contribution in [3.63, 3.8) is 0 Å². The fourth-order valence-corrected chi connectivity index (χ4v) is 3.71. The molecule has 2 aliphatic rings. The number of ether oxygens (including phenoxy) is 1. The Morgan fingerprint density at radius 2 is 1.77 bits per heavy atom. The van der Waals surface area contributed by atoms with Crippen LogP contribution in [0.2, 0.25) is 5.02 Å². The molecule has 2 N–H and O–H groups in total. The molecule has 142 valence electrons. The van der Waals surface area contributed by atoms with E-state index in [1.54, 1.807) is 9.80 Å². The quantitative estimate of drug-likeness (QED) is 0.858. The first-order chi connectivity index (χ1) is 12.5. The molecule has 6 nitrogen and oxygen atoms in total. The Bertz CT molecular complexity index is 686. The monoisotopic (exact) mass is 383 g/mol. The summed E-state index contributed by atoms with van der Waals surface area (Å²) in [5.74, 6) is -0.982. The van der Waals surface area contributed by atoms with E-state index in [4.69, 9.17) is 22.1 Å². The molecule has 8 heteroatoms. The normalized spacial score (nSPS) is 20.1. The van der Waals surface area contributed by atoms with Gasteiger partial charge in [-0.25, -0.2) is 4.39 Å². The van der Waals surface area contributed by atoms with E-state index in [9.17, 15) is 14.0 Å². The number of hydrogen-bond acceptors (Lipinski definition) is 4. The van der Waals surface area contributed by atoms with Gasteiger partial charge in [-0.05, 0) is 31.0 Å². The van der Waals surface area contributed by atoms with Crippen molar-refractivity contribution in [1.29, 1.82) is 0 Å². The van der Waals surface area contributed by atoms with Crippen LogP contribution < -0.4 is 5.73 Å². The molecule has 2 saturated heterocycles. The molecule has 1 aromatic carbocycles. The Morgan fingerprint density at radius 3 is 2.35 bits per heavy atom. The van der Waals surface area contributed by atoms with Crippen LogP contribution in [0, 0.1) is 11.2 Å². The summed E-state index contributed by atoms with van der Waals surface area (Å²) in [7, 11) is 0. The second-order valence-electron chi connectivity index (χ2n) is 6.81. The number of halogens is 2. The lowest BCUT2D eigenvalue weighted by Gasteiger charge is -2.42. The molecule has 2 amide bonds. The maximum Gasteiger partial charge on any atom is 0.256 e. The van der Waals surface area contributed by atoms with Crippen LogP contribution in [0.5, 0.6) is 0 Å². The molecule has 2 fully saturated rings. The van der Waals surface area contributed by atoms with Gasteiger partial charge in [-0.2, -0.15) is 0 Å². The highest BCUT2D eigenvalue weighted by atomic mass is 35.5. The fraction of sp³-hybridized carbons (Fsp3) is 0.556. The standard InChI is InChI=1S/C18H23ClFN3O3/c19-13-1-2-14(15(20)11-13)16(24)22-5-7-23(8-6-22)17(25)18(12-21)3-9-26-10-4-18/h1-2,11H,3-10,12,21H2. The first-order valence-electron chi connectivity index (χ1n) is 8.78. The van der Waals surface area contributed by atoms with Crippen molar-refractivity contribution in [2.24, 2.45) is 11.1 Å². The lowest BCUT2D eigenvalue weighted by molar-refractivity contribution is -0.148. The zero-order valence-corrected chi connectivity index (χ0v) is 15.3. The van der Waals surface area contributed by atoms with E-state index in [1.165, 1.54) is 12.1 Å². The molecule has 2 heterocycles. The van der Waals surface area contributed by atoms with Crippen molar-refractivity contribution < 1.29 is 18.7 Å². The van der Waals surface area contributed by atoms with Crippen LogP contribution in [0.4, 0.5) is 4.39 Å². The van der Waals surface area contributed by atoms with Gasteiger partial charge in [0.15, 0.2) is 0 Å². The second-order valence-corrected chi connectivity index (χ2v) is 7.24. The SMILES string of the molecule is NCC1(C(=O)N2CCN(C(=O)c3ccc(Cl)cc3F)CC2)CCOCC1. The topological polar surface area (TPSA) is 75.9 Å². The Balaban J connectivity index is 1.63. The van der Waals surface area contributed by atoms with Gasteiger partial charge in [0.1, 0.15) is 5.82 Å². The summed E-state index contributed by atoms with van der Waals surface area (Å²) in [6.45, 7) is 2.94. The van der Waals surface area contributed by atoms with Gasteiger partial charge in [-0.15, -0.1) is 0 Å². The zero-order valence-electron chi connectivity index (χ0n) is 14.5.